The lowest BCUT2D eigenvalue weighted by atomic mass is 9.94. The van der Waals surface area contributed by atoms with E-state index >= 15 is 0 Å². The number of hydrogen-bond acceptors (Lipinski definition) is 2. The number of hydrogen-bond donors (Lipinski definition) is 1. The topological polar surface area (TPSA) is 15.3 Å². The minimum Gasteiger partial charge on any atom is -0.365 e. The van der Waals surface area contributed by atoms with Gasteiger partial charge >= 0.3 is 0 Å². The van der Waals surface area contributed by atoms with E-state index in [1.165, 1.54) is 6.07 Å². The zero-order chi connectivity index (χ0) is 15.6. The fourth-order valence-electron chi connectivity index (χ4n) is 3.12. The third kappa shape index (κ3) is 4.10. The van der Waals surface area contributed by atoms with Crippen molar-refractivity contribution in [3.8, 4) is 0 Å². The normalized spacial score (nSPS) is 23.1. The molecule has 1 N–H and O–H groups in total. The molecule has 0 spiro atoms. The van der Waals surface area contributed by atoms with Crippen molar-refractivity contribution in [1.29, 1.82) is 0 Å². The van der Waals surface area contributed by atoms with Gasteiger partial charge in [-0.1, -0.05) is 39.3 Å². The van der Waals surface area contributed by atoms with E-state index in [1.54, 1.807) is 6.07 Å². The maximum Gasteiger partial charge on any atom is 0.141 e. The summed E-state index contributed by atoms with van der Waals surface area (Å²) in [4.78, 5) is 2.39. The summed E-state index contributed by atoms with van der Waals surface area (Å²) < 4.78 is 13.4. The molecular weight excluding hydrogens is 287 g/mol. The highest BCUT2D eigenvalue weighted by molar-refractivity contribution is 6.31. The number of piperazine rings is 1. The second kappa shape index (κ2) is 6.97. The predicted octanol–water partition coefficient (Wildman–Crippen LogP) is 4.33. The van der Waals surface area contributed by atoms with Crippen molar-refractivity contribution in [3.63, 3.8) is 0 Å². The molecule has 0 aliphatic carbocycles. The van der Waals surface area contributed by atoms with E-state index in [0.29, 0.717) is 23.9 Å². The molecule has 0 aromatic heterocycles. The molecule has 2 rings (SSSR count). The van der Waals surface area contributed by atoms with Gasteiger partial charge in [-0.3, -0.25) is 0 Å². The number of halogens is 2. The maximum atomic E-state index is 13.4. The number of rotatable bonds is 4. The van der Waals surface area contributed by atoms with Crippen LogP contribution in [0.5, 0.6) is 0 Å². The Morgan fingerprint density at radius 3 is 2.62 bits per heavy atom. The fraction of sp³-hybridized carbons (Fsp3) is 0.647. The number of benzene rings is 1. The molecule has 21 heavy (non-hydrogen) atoms. The molecule has 1 aliphatic rings. The third-order valence-electron chi connectivity index (χ3n) is 4.19. The highest BCUT2D eigenvalue weighted by atomic mass is 35.5. The van der Waals surface area contributed by atoms with E-state index in [4.69, 9.17) is 11.6 Å². The van der Waals surface area contributed by atoms with Crippen LogP contribution in [-0.4, -0.2) is 25.2 Å². The second-order valence-electron chi connectivity index (χ2n) is 6.80. The molecule has 1 heterocycles. The van der Waals surface area contributed by atoms with Gasteiger partial charge < -0.3 is 10.2 Å². The Balaban J connectivity index is 2.22. The monoisotopic (exact) mass is 312 g/mol. The van der Waals surface area contributed by atoms with Gasteiger partial charge in [0.25, 0.3) is 0 Å². The highest BCUT2D eigenvalue weighted by Crippen LogP contribution is 2.28. The summed E-state index contributed by atoms with van der Waals surface area (Å²) in [5, 5.41) is 3.86. The van der Waals surface area contributed by atoms with Crippen molar-refractivity contribution in [2.75, 3.05) is 18.0 Å². The van der Waals surface area contributed by atoms with Crippen LogP contribution in [0.25, 0.3) is 0 Å². The Kier molecular flexibility index (Phi) is 5.50. The van der Waals surface area contributed by atoms with E-state index in [0.717, 1.165) is 25.2 Å². The SMILES string of the molecule is CC(C)CC1CN(c2ccc(F)c(Cl)c2)C(C(C)C)CN1. The summed E-state index contributed by atoms with van der Waals surface area (Å²) in [5.74, 6) is 0.841. The van der Waals surface area contributed by atoms with Gasteiger partial charge in [-0.05, 0) is 36.5 Å². The molecule has 1 fully saturated rings. The standard InChI is InChI=1S/C17H26ClFN2/c1-11(2)7-13-10-21(17(9-20-13)12(3)4)14-5-6-16(19)15(18)8-14/h5-6,8,11-13,17,20H,7,9-10H2,1-4H3. The molecule has 1 aromatic carbocycles. The smallest absolute Gasteiger partial charge is 0.141 e. The summed E-state index contributed by atoms with van der Waals surface area (Å²) in [5.41, 5.74) is 1.02. The Hall–Kier alpha value is -0.800. The summed E-state index contributed by atoms with van der Waals surface area (Å²) in [7, 11) is 0. The van der Waals surface area contributed by atoms with Gasteiger partial charge in [0, 0.05) is 30.9 Å². The van der Waals surface area contributed by atoms with E-state index in [-0.39, 0.29) is 10.8 Å². The van der Waals surface area contributed by atoms with E-state index in [9.17, 15) is 4.39 Å². The van der Waals surface area contributed by atoms with Gasteiger partial charge in [0.1, 0.15) is 5.82 Å². The average Bonchev–Trinajstić information content (AvgIpc) is 2.41. The van der Waals surface area contributed by atoms with Crippen LogP contribution in [0.15, 0.2) is 18.2 Å². The molecule has 1 saturated heterocycles. The molecule has 1 aliphatic heterocycles. The zero-order valence-corrected chi connectivity index (χ0v) is 14.1. The van der Waals surface area contributed by atoms with Crippen LogP contribution in [0, 0.1) is 17.7 Å². The van der Waals surface area contributed by atoms with E-state index in [1.807, 2.05) is 6.07 Å². The van der Waals surface area contributed by atoms with Crippen LogP contribution < -0.4 is 10.2 Å². The van der Waals surface area contributed by atoms with Crippen LogP contribution in [0.2, 0.25) is 5.02 Å². The first kappa shape index (κ1) is 16.6. The van der Waals surface area contributed by atoms with Crippen LogP contribution in [0.3, 0.4) is 0 Å². The molecule has 4 heteroatoms. The van der Waals surface area contributed by atoms with Crippen molar-refractivity contribution in [2.45, 2.75) is 46.2 Å². The summed E-state index contributed by atoms with van der Waals surface area (Å²) in [6, 6.07) is 5.95. The number of nitrogens with zero attached hydrogens (tertiary/aromatic N) is 1. The Bertz CT molecular complexity index is 476. The quantitative estimate of drug-likeness (QED) is 0.890. The Labute approximate surface area is 132 Å². The summed E-state index contributed by atoms with van der Waals surface area (Å²) in [6.45, 7) is 10.9. The lowest BCUT2D eigenvalue weighted by Gasteiger charge is -2.44. The van der Waals surface area contributed by atoms with E-state index < -0.39 is 0 Å². The van der Waals surface area contributed by atoms with Crippen LogP contribution in [0.4, 0.5) is 10.1 Å². The molecule has 1 aromatic rings. The minimum absolute atomic E-state index is 0.203. The first-order chi connectivity index (χ1) is 9.88. The summed E-state index contributed by atoms with van der Waals surface area (Å²) in [6.07, 6.45) is 1.15. The van der Waals surface area contributed by atoms with Gasteiger partial charge in [-0.15, -0.1) is 0 Å². The first-order valence-corrected chi connectivity index (χ1v) is 8.21. The molecule has 0 bridgehead atoms. The molecule has 0 radical (unpaired) electrons. The predicted molar refractivity (Wildman–Crippen MR) is 88.6 cm³/mol. The molecular formula is C17H26ClFN2. The summed E-state index contributed by atoms with van der Waals surface area (Å²) >= 11 is 5.96. The molecule has 0 saturated carbocycles. The van der Waals surface area contributed by atoms with Crippen molar-refractivity contribution < 1.29 is 4.39 Å². The zero-order valence-electron chi connectivity index (χ0n) is 13.4. The largest absolute Gasteiger partial charge is 0.365 e. The van der Waals surface area contributed by atoms with Crippen LogP contribution in [0.1, 0.15) is 34.1 Å². The Morgan fingerprint density at radius 2 is 2.05 bits per heavy atom. The minimum atomic E-state index is -0.352. The Morgan fingerprint density at radius 1 is 1.33 bits per heavy atom. The fourth-order valence-corrected chi connectivity index (χ4v) is 3.29. The van der Waals surface area contributed by atoms with Crippen molar-refractivity contribution >= 4 is 17.3 Å². The van der Waals surface area contributed by atoms with Crippen LogP contribution in [-0.2, 0) is 0 Å². The number of nitrogens with one attached hydrogen (secondary N) is 1. The van der Waals surface area contributed by atoms with Gasteiger partial charge in [0.2, 0.25) is 0 Å². The van der Waals surface area contributed by atoms with Crippen LogP contribution >= 0.6 is 11.6 Å². The third-order valence-corrected chi connectivity index (χ3v) is 4.48. The number of anilines is 1. The highest BCUT2D eigenvalue weighted by Gasteiger charge is 2.30. The van der Waals surface area contributed by atoms with Gasteiger partial charge in [0.05, 0.1) is 5.02 Å². The first-order valence-electron chi connectivity index (χ1n) is 7.83. The van der Waals surface area contributed by atoms with Crippen molar-refractivity contribution in [1.82, 2.24) is 5.32 Å². The van der Waals surface area contributed by atoms with E-state index in [2.05, 4.69) is 37.9 Å². The van der Waals surface area contributed by atoms with Crippen molar-refractivity contribution in [3.05, 3.63) is 29.0 Å². The second-order valence-corrected chi connectivity index (χ2v) is 7.20. The molecule has 2 atom stereocenters. The maximum absolute atomic E-state index is 13.4. The van der Waals surface area contributed by atoms with Crippen molar-refractivity contribution in [2.24, 2.45) is 11.8 Å². The van der Waals surface area contributed by atoms with Gasteiger partial charge in [0.15, 0.2) is 0 Å². The molecule has 2 unspecified atom stereocenters. The van der Waals surface area contributed by atoms with Gasteiger partial charge in [-0.2, -0.15) is 0 Å². The lowest BCUT2D eigenvalue weighted by molar-refractivity contribution is 0.310. The lowest BCUT2D eigenvalue weighted by Crippen LogP contribution is -2.58. The molecule has 118 valence electrons. The average molecular weight is 313 g/mol. The molecule has 0 amide bonds. The molecule has 2 nitrogen and oxygen atoms in total. The van der Waals surface area contributed by atoms with Gasteiger partial charge in [-0.25, -0.2) is 4.39 Å².